The Kier molecular flexibility index (Phi) is 5.58. The summed E-state index contributed by atoms with van der Waals surface area (Å²) in [7, 11) is 0. The van der Waals surface area contributed by atoms with Gasteiger partial charge in [-0.1, -0.05) is 13.8 Å². The van der Waals surface area contributed by atoms with E-state index in [1.165, 1.54) is 0 Å². The summed E-state index contributed by atoms with van der Waals surface area (Å²) in [6.45, 7) is 10.3. The van der Waals surface area contributed by atoms with Gasteiger partial charge in [-0.2, -0.15) is 0 Å². The summed E-state index contributed by atoms with van der Waals surface area (Å²) in [4.78, 5) is 18.9. The number of piperidine rings is 1. The summed E-state index contributed by atoms with van der Waals surface area (Å²) in [5, 5.41) is 2.90. The molecule has 5 nitrogen and oxygen atoms in total. The zero-order chi connectivity index (χ0) is 16.3. The average Bonchev–Trinajstić information content (AvgIpc) is 2.90. The lowest BCUT2D eigenvalue weighted by Crippen LogP contribution is -2.54. The molecule has 0 bridgehead atoms. The molecule has 1 amide bonds. The molecule has 0 radical (unpaired) electrons. The van der Waals surface area contributed by atoms with E-state index in [9.17, 15) is 4.79 Å². The highest BCUT2D eigenvalue weighted by Crippen LogP contribution is 2.28. The molecule has 2 rings (SSSR count). The maximum atomic E-state index is 12.5. The number of carbonyl (C=O) groups is 1. The number of nitrogens with two attached hydrogens (primary N) is 1. The van der Waals surface area contributed by atoms with Gasteiger partial charge >= 0.3 is 0 Å². The van der Waals surface area contributed by atoms with Gasteiger partial charge in [0.1, 0.15) is 11.1 Å². The van der Waals surface area contributed by atoms with Gasteiger partial charge in [-0.25, -0.2) is 4.98 Å². The summed E-state index contributed by atoms with van der Waals surface area (Å²) in [6.07, 6.45) is 1.22. The molecule has 124 valence electrons. The fourth-order valence-corrected chi connectivity index (χ4v) is 3.59. The summed E-state index contributed by atoms with van der Waals surface area (Å²) < 4.78 is 5.54. The van der Waals surface area contributed by atoms with Crippen molar-refractivity contribution in [3.8, 4) is 0 Å². The number of amides is 1. The standard InChI is InChI=1S/C16H27N3O2S/c1-5-21-11(2)15-18-12(9-22-15)8-14(20)19-7-6-13(17)16(3,4)10-19/h9,11,13H,5-8,10,17H2,1-4H3. The molecule has 2 atom stereocenters. The van der Waals surface area contributed by atoms with Gasteiger partial charge in [-0.05, 0) is 25.7 Å². The van der Waals surface area contributed by atoms with Crippen molar-refractivity contribution >= 4 is 17.2 Å². The van der Waals surface area contributed by atoms with Crippen LogP contribution < -0.4 is 5.73 Å². The SMILES string of the molecule is CCOC(C)c1nc(CC(=O)N2CCC(N)C(C)(C)C2)cs1. The molecular formula is C16H27N3O2S. The fraction of sp³-hybridized carbons (Fsp3) is 0.750. The zero-order valence-electron chi connectivity index (χ0n) is 14.0. The Bertz CT molecular complexity index is 515. The largest absolute Gasteiger partial charge is 0.372 e. The highest BCUT2D eigenvalue weighted by molar-refractivity contribution is 7.09. The lowest BCUT2D eigenvalue weighted by Gasteiger charge is -2.42. The quantitative estimate of drug-likeness (QED) is 0.902. The predicted molar refractivity (Wildman–Crippen MR) is 88.8 cm³/mol. The topological polar surface area (TPSA) is 68.5 Å². The number of ether oxygens (including phenoxy) is 1. The monoisotopic (exact) mass is 325 g/mol. The second kappa shape index (κ2) is 7.06. The summed E-state index contributed by atoms with van der Waals surface area (Å²) in [6, 6.07) is 0.162. The van der Waals surface area contributed by atoms with Crippen LogP contribution in [0.3, 0.4) is 0 Å². The van der Waals surface area contributed by atoms with Crippen LogP contribution >= 0.6 is 11.3 Å². The predicted octanol–water partition coefficient (Wildman–Crippen LogP) is 2.37. The first-order valence-electron chi connectivity index (χ1n) is 7.92. The number of thiazole rings is 1. The van der Waals surface area contributed by atoms with Gasteiger partial charge in [0.2, 0.25) is 5.91 Å². The third-order valence-electron chi connectivity index (χ3n) is 4.33. The van der Waals surface area contributed by atoms with Crippen LogP contribution in [0.15, 0.2) is 5.38 Å². The second-order valence-electron chi connectivity index (χ2n) is 6.65. The van der Waals surface area contributed by atoms with Crippen molar-refractivity contribution in [3.05, 3.63) is 16.1 Å². The van der Waals surface area contributed by atoms with Crippen molar-refractivity contribution in [1.82, 2.24) is 9.88 Å². The molecule has 22 heavy (non-hydrogen) atoms. The Labute approximate surface area is 136 Å². The normalized spacial score (nSPS) is 22.6. The van der Waals surface area contributed by atoms with Crippen molar-refractivity contribution in [1.29, 1.82) is 0 Å². The molecule has 1 saturated heterocycles. The molecular weight excluding hydrogens is 298 g/mol. The molecule has 0 spiro atoms. The van der Waals surface area contributed by atoms with E-state index in [0.29, 0.717) is 13.0 Å². The lowest BCUT2D eigenvalue weighted by molar-refractivity contribution is -0.133. The Balaban J connectivity index is 1.95. The van der Waals surface area contributed by atoms with Crippen molar-refractivity contribution in [2.24, 2.45) is 11.1 Å². The molecule has 0 aromatic carbocycles. The fourth-order valence-electron chi connectivity index (χ4n) is 2.77. The van der Waals surface area contributed by atoms with Gasteiger partial charge in [-0.15, -0.1) is 11.3 Å². The van der Waals surface area contributed by atoms with Crippen LogP contribution in [0.25, 0.3) is 0 Å². The lowest BCUT2D eigenvalue weighted by atomic mass is 9.79. The van der Waals surface area contributed by atoms with Crippen LogP contribution in [0.2, 0.25) is 0 Å². The average molecular weight is 325 g/mol. The van der Waals surface area contributed by atoms with E-state index < -0.39 is 0 Å². The molecule has 2 unspecified atom stereocenters. The first-order valence-corrected chi connectivity index (χ1v) is 8.80. The number of hydrogen-bond acceptors (Lipinski definition) is 5. The summed E-state index contributed by atoms with van der Waals surface area (Å²) in [5.41, 5.74) is 6.94. The first-order chi connectivity index (χ1) is 10.3. The van der Waals surface area contributed by atoms with Crippen LogP contribution in [0.1, 0.15) is 50.9 Å². The third-order valence-corrected chi connectivity index (χ3v) is 5.39. The molecule has 0 saturated carbocycles. The number of hydrogen-bond donors (Lipinski definition) is 1. The molecule has 1 aliphatic heterocycles. The molecule has 2 heterocycles. The van der Waals surface area contributed by atoms with Crippen LogP contribution in [0, 0.1) is 5.41 Å². The number of carbonyl (C=O) groups excluding carboxylic acids is 1. The molecule has 1 aromatic rings. The molecule has 2 N–H and O–H groups in total. The smallest absolute Gasteiger partial charge is 0.228 e. The van der Waals surface area contributed by atoms with Gasteiger partial charge < -0.3 is 15.4 Å². The number of nitrogens with zero attached hydrogens (tertiary/aromatic N) is 2. The first kappa shape index (κ1) is 17.4. The van der Waals surface area contributed by atoms with E-state index in [1.807, 2.05) is 24.1 Å². The van der Waals surface area contributed by atoms with E-state index >= 15 is 0 Å². The van der Waals surface area contributed by atoms with Crippen LogP contribution in [-0.4, -0.2) is 41.5 Å². The van der Waals surface area contributed by atoms with Crippen molar-refractivity contribution in [3.63, 3.8) is 0 Å². The minimum absolute atomic E-state index is 0.00855. The Morgan fingerprint density at radius 1 is 1.64 bits per heavy atom. The second-order valence-corrected chi connectivity index (χ2v) is 7.54. The van der Waals surface area contributed by atoms with Gasteiger partial charge in [0, 0.05) is 31.1 Å². The van der Waals surface area contributed by atoms with E-state index in [2.05, 4.69) is 18.8 Å². The number of aromatic nitrogens is 1. The minimum atomic E-state index is -0.0232. The van der Waals surface area contributed by atoms with Crippen molar-refractivity contribution < 1.29 is 9.53 Å². The van der Waals surface area contributed by atoms with E-state index in [-0.39, 0.29) is 23.5 Å². The molecule has 6 heteroatoms. The number of rotatable bonds is 5. The Morgan fingerprint density at radius 2 is 2.36 bits per heavy atom. The van der Waals surface area contributed by atoms with Gasteiger partial charge in [0.05, 0.1) is 12.1 Å². The highest BCUT2D eigenvalue weighted by Gasteiger charge is 2.35. The van der Waals surface area contributed by atoms with Gasteiger partial charge in [0.15, 0.2) is 0 Å². The van der Waals surface area contributed by atoms with Crippen LogP contribution in [0.4, 0.5) is 0 Å². The minimum Gasteiger partial charge on any atom is -0.372 e. The highest BCUT2D eigenvalue weighted by atomic mass is 32.1. The molecule has 0 aliphatic carbocycles. The number of likely N-dealkylation sites (tertiary alicyclic amines) is 1. The van der Waals surface area contributed by atoms with Crippen molar-refractivity contribution in [2.75, 3.05) is 19.7 Å². The van der Waals surface area contributed by atoms with Crippen molar-refractivity contribution in [2.45, 2.75) is 52.7 Å². The van der Waals surface area contributed by atoms with E-state index in [0.717, 1.165) is 30.2 Å². The third kappa shape index (κ3) is 4.06. The Hall–Kier alpha value is -0.980. The van der Waals surface area contributed by atoms with Crippen LogP contribution in [0.5, 0.6) is 0 Å². The van der Waals surface area contributed by atoms with Crippen LogP contribution in [-0.2, 0) is 16.0 Å². The summed E-state index contributed by atoms with van der Waals surface area (Å²) >= 11 is 1.56. The Morgan fingerprint density at radius 3 is 3.00 bits per heavy atom. The van der Waals surface area contributed by atoms with Gasteiger partial charge in [-0.3, -0.25) is 4.79 Å². The maximum absolute atomic E-state index is 12.5. The maximum Gasteiger partial charge on any atom is 0.228 e. The van der Waals surface area contributed by atoms with E-state index in [1.54, 1.807) is 11.3 Å². The van der Waals surface area contributed by atoms with Gasteiger partial charge in [0.25, 0.3) is 0 Å². The van der Waals surface area contributed by atoms with E-state index in [4.69, 9.17) is 10.5 Å². The molecule has 1 aromatic heterocycles. The summed E-state index contributed by atoms with van der Waals surface area (Å²) in [5.74, 6) is 0.140. The molecule has 1 aliphatic rings. The molecule has 1 fully saturated rings. The zero-order valence-corrected chi connectivity index (χ0v) is 14.8.